The van der Waals surface area contributed by atoms with Crippen molar-refractivity contribution in [1.29, 1.82) is 0 Å². The molecule has 2 N–H and O–H groups in total. The van der Waals surface area contributed by atoms with Crippen molar-refractivity contribution >= 4 is 17.0 Å². The summed E-state index contributed by atoms with van der Waals surface area (Å²) in [7, 11) is 1.65. The summed E-state index contributed by atoms with van der Waals surface area (Å²) in [6.07, 6.45) is 2.15. The maximum absolute atomic E-state index is 6.03. The first-order valence-electron chi connectivity index (χ1n) is 6.19. The van der Waals surface area contributed by atoms with Crippen LogP contribution in [-0.4, -0.2) is 29.9 Å². The SMILES string of the molecule is COc1ccc2c(c1)nc(N)n2C1CCCOC1. The van der Waals surface area contributed by atoms with E-state index in [1.807, 2.05) is 18.2 Å². The minimum atomic E-state index is 0.289. The predicted molar refractivity (Wildman–Crippen MR) is 69.8 cm³/mol. The van der Waals surface area contributed by atoms with Gasteiger partial charge in [0.2, 0.25) is 5.95 Å². The van der Waals surface area contributed by atoms with Gasteiger partial charge in [-0.3, -0.25) is 0 Å². The van der Waals surface area contributed by atoms with Crippen LogP contribution in [0, 0.1) is 0 Å². The molecule has 0 radical (unpaired) electrons. The molecule has 1 fully saturated rings. The Morgan fingerprint density at radius 3 is 3.11 bits per heavy atom. The molecule has 0 aliphatic carbocycles. The van der Waals surface area contributed by atoms with Gasteiger partial charge in [0.15, 0.2) is 0 Å². The lowest BCUT2D eigenvalue weighted by Gasteiger charge is -2.24. The second-order valence-electron chi connectivity index (χ2n) is 4.57. The zero-order valence-corrected chi connectivity index (χ0v) is 10.4. The van der Waals surface area contributed by atoms with Gasteiger partial charge in [0.05, 0.1) is 30.8 Å². The van der Waals surface area contributed by atoms with Crippen LogP contribution in [0.2, 0.25) is 0 Å². The number of fused-ring (bicyclic) bond motifs is 1. The van der Waals surface area contributed by atoms with E-state index < -0.39 is 0 Å². The van der Waals surface area contributed by atoms with Crippen molar-refractivity contribution in [2.45, 2.75) is 18.9 Å². The van der Waals surface area contributed by atoms with Crippen LogP contribution in [0.5, 0.6) is 5.75 Å². The van der Waals surface area contributed by atoms with Crippen LogP contribution >= 0.6 is 0 Å². The predicted octanol–water partition coefficient (Wildman–Crippen LogP) is 1.98. The van der Waals surface area contributed by atoms with Gasteiger partial charge < -0.3 is 19.8 Å². The molecule has 1 saturated heterocycles. The summed E-state index contributed by atoms with van der Waals surface area (Å²) in [5.41, 5.74) is 7.95. The Morgan fingerprint density at radius 1 is 1.50 bits per heavy atom. The second kappa shape index (κ2) is 4.49. The van der Waals surface area contributed by atoms with E-state index in [1.54, 1.807) is 7.11 Å². The molecule has 0 amide bonds. The Morgan fingerprint density at radius 2 is 2.39 bits per heavy atom. The third-order valence-corrected chi connectivity index (χ3v) is 3.43. The number of nitrogen functional groups attached to an aromatic ring is 1. The number of ether oxygens (including phenoxy) is 2. The number of benzene rings is 1. The Balaban J connectivity index is 2.07. The zero-order chi connectivity index (χ0) is 12.5. The number of hydrogen-bond acceptors (Lipinski definition) is 4. The molecule has 3 rings (SSSR count). The number of nitrogens with two attached hydrogens (primary N) is 1. The van der Waals surface area contributed by atoms with E-state index in [0.717, 1.165) is 36.2 Å². The van der Waals surface area contributed by atoms with Crippen LogP contribution in [0.4, 0.5) is 5.95 Å². The Bertz CT molecular complexity index is 559. The first-order chi connectivity index (χ1) is 8.79. The van der Waals surface area contributed by atoms with Gasteiger partial charge in [0.25, 0.3) is 0 Å². The molecule has 18 heavy (non-hydrogen) atoms. The molecule has 5 heteroatoms. The lowest BCUT2D eigenvalue weighted by molar-refractivity contribution is 0.0611. The van der Waals surface area contributed by atoms with E-state index in [0.29, 0.717) is 12.6 Å². The van der Waals surface area contributed by atoms with E-state index in [1.165, 1.54) is 0 Å². The van der Waals surface area contributed by atoms with E-state index >= 15 is 0 Å². The van der Waals surface area contributed by atoms with Gasteiger partial charge in [-0.05, 0) is 25.0 Å². The van der Waals surface area contributed by atoms with Gasteiger partial charge in [-0.2, -0.15) is 0 Å². The molecule has 1 unspecified atom stereocenters. The molecule has 2 aromatic rings. The van der Waals surface area contributed by atoms with Gasteiger partial charge in [-0.1, -0.05) is 0 Å². The van der Waals surface area contributed by atoms with Gasteiger partial charge in [-0.15, -0.1) is 0 Å². The summed E-state index contributed by atoms with van der Waals surface area (Å²) in [6, 6.07) is 6.14. The molecular weight excluding hydrogens is 230 g/mol. The Labute approximate surface area is 106 Å². The average molecular weight is 247 g/mol. The van der Waals surface area contributed by atoms with Crippen LogP contribution in [0.1, 0.15) is 18.9 Å². The summed E-state index contributed by atoms with van der Waals surface area (Å²) in [5.74, 6) is 1.35. The highest BCUT2D eigenvalue weighted by Gasteiger charge is 2.20. The van der Waals surface area contributed by atoms with Crippen LogP contribution in [-0.2, 0) is 4.74 Å². The van der Waals surface area contributed by atoms with Crippen molar-refractivity contribution < 1.29 is 9.47 Å². The third-order valence-electron chi connectivity index (χ3n) is 3.43. The van der Waals surface area contributed by atoms with Crippen LogP contribution < -0.4 is 10.5 Å². The number of rotatable bonds is 2. The minimum absolute atomic E-state index is 0.289. The summed E-state index contributed by atoms with van der Waals surface area (Å²) in [5, 5.41) is 0. The molecule has 96 valence electrons. The number of aromatic nitrogens is 2. The van der Waals surface area contributed by atoms with E-state index in [-0.39, 0.29) is 6.04 Å². The van der Waals surface area contributed by atoms with E-state index in [9.17, 15) is 0 Å². The number of nitrogens with zero attached hydrogens (tertiary/aromatic N) is 2. The number of hydrogen-bond donors (Lipinski definition) is 1. The van der Waals surface area contributed by atoms with E-state index in [4.69, 9.17) is 15.2 Å². The van der Waals surface area contributed by atoms with Gasteiger partial charge in [0, 0.05) is 12.7 Å². The lowest BCUT2D eigenvalue weighted by atomic mass is 10.1. The molecule has 1 aliphatic heterocycles. The summed E-state index contributed by atoms with van der Waals surface area (Å²) in [6.45, 7) is 1.55. The minimum Gasteiger partial charge on any atom is -0.497 e. The number of imidazole rings is 1. The molecule has 1 aliphatic rings. The van der Waals surface area contributed by atoms with Crippen molar-refractivity contribution in [2.75, 3.05) is 26.1 Å². The molecule has 0 bridgehead atoms. The quantitative estimate of drug-likeness (QED) is 0.881. The molecule has 1 atom stereocenters. The van der Waals surface area contributed by atoms with Crippen LogP contribution in [0.15, 0.2) is 18.2 Å². The third kappa shape index (κ3) is 1.80. The molecule has 5 nitrogen and oxygen atoms in total. The Hall–Kier alpha value is -1.75. The lowest BCUT2D eigenvalue weighted by Crippen LogP contribution is -2.22. The molecule has 0 saturated carbocycles. The fourth-order valence-corrected chi connectivity index (χ4v) is 2.54. The highest BCUT2D eigenvalue weighted by atomic mass is 16.5. The molecule has 1 aromatic carbocycles. The van der Waals surface area contributed by atoms with Gasteiger partial charge in [-0.25, -0.2) is 4.98 Å². The normalized spacial score (nSPS) is 20.2. The fourth-order valence-electron chi connectivity index (χ4n) is 2.54. The molecule has 2 heterocycles. The standard InChI is InChI=1S/C13H17N3O2/c1-17-10-4-5-12-11(7-10)15-13(14)16(12)9-3-2-6-18-8-9/h4-5,7,9H,2-3,6,8H2,1H3,(H2,14,15). The van der Waals surface area contributed by atoms with Crippen molar-refractivity contribution in [2.24, 2.45) is 0 Å². The zero-order valence-electron chi connectivity index (χ0n) is 10.4. The monoisotopic (exact) mass is 247 g/mol. The Kier molecular flexibility index (Phi) is 2.83. The average Bonchev–Trinajstić information content (AvgIpc) is 2.74. The molecule has 0 spiro atoms. The fraction of sp³-hybridized carbons (Fsp3) is 0.462. The van der Waals surface area contributed by atoms with Gasteiger partial charge >= 0.3 is 0 Å². The maximum Gasteiger partial charge on any atom is 0.201 e. The first-order valence-corrected chi connectivity index (χ1v) is 6.19. The molecular formula is C13H17N3O2. The van der Waals surface area contributed by atoms with Crippen LogP contribution in [0.3, 0.4) is 0 Å². The highest BCUT2D eigenvalue weighted by Crippen LogP contribution is 2.29. The van der Waals surface area contributed by atoms with Crippen molar-refractivity contribution in [1.82, 2.24) is 9.55 Å². The van der Waals surface area contributed by atoms with Crippen molar-refractivity contribution in [3.63, 3.8) is 0 Å². The summed E-state index contributed by atoms with van der Waals surface area (Å²) in [4.78, 5) is 4.40. The summed E-state index contributed by atoms with van der Waals surface area (Å²) >= 11 is 0. The highest BCUT2D eigenvalue weighted by molar-refractivity contribution is 5.80. The summed E-state index contributed by atoms with van der Waals surface area (Å²) < 4.78 is 12.8. The first kappa shape index (κ1) is 11.3. The smallest absolute Gasteiger partial charge is 0.201 e. The van der Waals surface area contributed by atoms with Crippen molar-refractivity contribution in [3.05, 3.63) is 18.2 Å². The molecule has 1 aromatic heterocycles. The van der Waals surface area contributed by atoms with Crippen LogP contribution in [0.25, 0.3) is 11.0 Å². The largest absolute Gasteiger partial charge is 0.497 e. The van der Waals surface area contributed by atoms with Crippen molar-refractivity contribution in [3.8, 4) is 5.75 Å². The number of anilines is 1. The van der Waals surface area contributed by atoms with E-state index in [2.05, 4.69) is 9.55 Å². The van der Waals surface area contributed by atoms with Gasteiger partial charge in [0.1, 0.15) is 5.75 Å². The topological polar surface area (TPSA) is 62.3 Å². The number of methoxy groups -OCH3 is 1. The maximum atomic E-state index is 6.03. The second-order valence-corrected chi connectivity index (χ2v) is 4.57.